The maximum Gasteiger partial charge on any atom is 0.334 e. The molecule has 1 atom stereocenters. The van der Waals surface area contributed by atoms with Gasteiger partial charge in [-0.1, -0.05) is 19.1 Å². The summed E-state index contributed by atoms with van der Waals surface area (Å²) in [6.07, 6.45) is 0. The van der Waals surface area contributed by atoms with Crippen molar-refractivity contribution in [1.29, 1.82) is 0 Å². The van der Waals surface area contributed by atoms with Gasteiger partial charge in [0.1, 0.15) is 0 Å². The second-order valence-corrected chi connectivity index (χ2v) is 6.48. The Kier molecular flexibility index (Phi) is 5.10. The van der Waals surface area contributed by atoms with Gasteiger partial charge in [-0.05, 0) is 25.2 Å². The fourth-order valence-corrected chi connectivity index (χ4v) is 3.74. The van der Waals surface area contributed by atoms with E-state index in [9.17, 15) is 20.0 Å². The number of carbonyl (C=O) groups is 1. The van der Waals surface area contributed by atoms with Crippen LogP contribution in [0.2, 0.25) is 0 Å². The molecule has 1 unspecified atom stereocenters. The number of aliphatic carboxylic acids is 1. The molecule has 1 aliphatic rings. The third-order valence-electron chi connectivity index (χ3n) is 3.64. The third-order valence-corrected chi connectivity index (χ3v) is 4.79. The minimum absolute atomic E-state index is 0.0399. The average Bonchev–Trinajstić information content (AvgIpc) is 2.49. The summed E-state index contributed by atoms with van der Waals surface area (Å²) < 4.78 is 0. The van der Waals surface area contributed by atoms with Crippen molar-refractivity contribution in [3.05, 3.63) is 61.8 Å². The molecule has 1 aromatic rings. The van der Waals surface area contributed by atoms with Gasteiger partial charge in [0.15, 0.2) is 0 Å². The van der Waals surface area contributed by atoms with Gasteiger partial charge < -0.3 is 10.4 Å². The number of nitro benzene ring substituents is 1. The van der Waals surface area contributed by atoms with Crippen molar-refractivity contribution in [3.8, 4) is 0 Å². The number of hydrogen-bond donors (Lipinski definition) is 2. The molecule has 23 heavy (non-hydrogen) atoms. The molecule has 2 N–H and O–H groups in total. The second-order valence-electron chi connectivity index (χ2n) is 5.18. The number of rotatable bonds is 5. The predicted octanol–water partition coefficient (Wildman–Crippen LogP) is 3.62. The minimum Gasteiger partial charge on any atom is -0.478 e. The largest absolute Gasteiger partial charge is 0.478 e. The number of thioether (sulfide) groups is 1. The second kappa shape index (κ2) is 6.87. The van der Waals surface area contributed by atoms with E-state index < -0.39 is 16.8 Å². The topological polar surface area (TPSA) is 92.5 Å². The van der Waals surface area contributed by atoms with Crippen molar-refractivity contribution in [2.45, 2.75) is 26.7 Å². The predicted molar refractivity (Wildman–Crippen MR) is 90.1 cm³/mol. The standard InChI is InChI=1S/C16H18N2O4S/c1-4-23-15-10(3)17-9(2)13(16(19)20)14(15)11-6-5-7-12(8-11)18(21)22/h5-8,14,17H,4H2,1-3H3,(H,19,20). The summed E-state index contributed by atoms with van der Waals surface area (Å²) in [5, 5.41) is 23.8. The molecule has 0 fully saturated rings. The summed E-state index contributed by atoms with van der Waals surface area (Å²) in [7, 11) is 0. The first-order valence-corrected chi connectivity index (χ1v) is 8.14. The van der Waals surface area contributed by atoms with Crippen LogP contribution >= 0.6 is 11.8 Å². The normalized spacial score (nSPS) is 18.0. The SMILES string of the molecule is CCSC1=C(C)NC(C)=C(C(=O)O)C1c1cccc([N+](=O)[O-])c1. The summed E-state index contributed by atoms with van der Waals surface area (Å²) >= 11 is 1.55. The van der Waals surface area contributed by atoms with E-state index in [0.717, 1.165) is 16.4 Å². The molecule has 1 aliphatic heterocycles. The quantitative estimate of drug-likeness (QED) is 0.631. The lowest BCUT2D eigenvalue weighted by molar-refractivity contribution is -0.384. The number of nitrogens with one attached hydrogen (secondary N) is 1. The van der Waals surface area contributed by atoms with Crippen LogP contribution < -0.4 is 5.32 Å². The summed E-state index contributed by atoms with van der Waals surface area (Å²) in [6.45, 7) is 5.59. The van der Waals surface area contributed by atoms with Crippen LogP contribution in [0.4, 0.5) is 5.69 Å². The lowest BCUT2D eigenvalue weighted by Gasteiger charge is -2.30. The number of dihydropyridines is 1. The molecule has 122 valence electrons. The van der Waals surface area contributed by atoms with Gasteiger partial charge in [0, 0.05) is 28.4 Å². The van der Waals surface area contributed by atoms with Crippen LogP contribution in [0.25, 0.3) is 0 Å². The monoisotopic (exact) mass is 334 g/mol. The van der Waals surface area contributed by atoms with E-state index >= 15 is 0 Å². The first-order valence-electron chi connectivity index (χ1n) is 7.15. The van der Waals surface area contributed by atoms with Crippen LogP contribution in [-0.2, 0) is 4.79 Å². The van der Waals surface area contributed by atoms with Crippen molar-refractivity contribution in [1.82, 2.24) is 5.32 Å². The molecule has 0 saturated heterocycles. The molecule has 0 radical (unpaired) electrons. The first kappa shape index (κ1) is 17.1. The highest BCUT2D eigenvalue weighted by Crippen LogP contribution is 2.43. The van der Waals surface area contributed by atoms with Gasteiger partial charge in [-0.2, -0.15) is 0 Å². The third kappa shape index (κ3) is 3.39. The molecule has 1 aromatic carbocycles. The maximum absolute atomic E-state index is 11.8. The first-order chi connectivity index (χ1) is 10.9. The number of nitrogens with zero attached hydrogens (tertiary/aromatic N) is 1. The molecule has 2 rings (SSSR count). The molecule has 1 heterocycles. The number of allylic oxidation sites excluding steroid dienone is 3. The Morgan fingerprint density at radius 2 is 2.09 bits per heavy atom. The average molecular weight is 334 g/mol. The zero-order valence-corrected chi connectivity index (χ0v) is 13.9. The Hall–Kier alpha value is -2.28. The zero-order chi connectivity index (χ0) is 17.1. The van der Waals surface area contributed by atoms with Gasteiger partial charge in [-0.15, -0.1) is 11.8 Å². The summed E-state index contributed by atoms with van der Waals surface area (Å²) in [4.78, 5) is 23.2. The number of hydrogen-bond acceptors (Lipinski definition) is 5. The van der Waals surface area contributed by atoms with Gasteiger partial charge in [0.2, 0.25) is 0 Å². The lowest BCUT2D eigenvalue weighted by Crippen LogP contribution is -2.27. The van der Waals surface area contributed by atoms with Crippen LogP contribution in [0.15, 0.2) is 46.1 Å². The van der Waals surface area contributed by atoms with Gasteiger partial charge >= 0.3 is 5.97 Å². The van der Waals surface area contributed by atoms with Crippen LogP contribution in [0.5, 0.6) is 0 Å². The minimum atomic E-state index is -1.02. The fourth-order valence-electron chi connectivity index (χ4n) is 2.74. The van der Waals surface area contributed by atoms with Crippen molar-refractivity contribution in [3.63, 3.8) is 0 Å². The fraction of sp³-hybridized carbons (Fsp3) is 0.312. The van der Waals surface area contributed by atoms with Gasteiger partial charge in [-0.3, -0.25) is 10.1 Å². The van der Waals surface area contributed by atoms with Crippen LogP contribution in [0.1, 0.15) is 32.3 Å². The summed E-state index contributed by atoms with van der Waals surface area (Å²) in [5.41, 5.74) is 2.25. The lowest BCUT2D eigenvalue weighted by atomic mass is 9.86. The van der Waals surface area contributed by atoms with Gasteiger partial charge in [-0.25, -0.2) is 4.79 Å². The van der Waals surface area contributed by atoms with E-state index in [-0.39, 0.29) is 11.3 Å². The number of nitro groups is 1. The van der Waals surface area contributed by atoms with E-state index in [0.29, 0.717) is 11.3 Å². The zero-order valence-electron chi connectivity index (χ0n) is 13.1. The highest BCUT2D eigenvalue weighted by atomic mass is 32.2. The van der Waals surface area contributed by atoms with Crippen molar-refractivity contribution in [2.75, 3.05) is 5.75 Å². The van der Waals surface area contributed by atoms with Crippen molar-refractivity contribution < 1.29 is 14.8 Å². The Morgan fingerprint density at radius 3 is 2.65 bits per heavy atom. The van der Waals surface area contributed by atoms with E-state index in [4.69, 9.17) is 0 Å². The molecule has 0 bridgehead atoms. The van der Waals surface area contributed by atoms with Gasteiger partial charge in [0.05, 0.1) is 16.4 Å². The van der Waals surface area contributed by atoms with Gasteiger partial charge in [0.25, 0.3) is 5.69 Å². The number of non-ortho nitro benzene ring substituents is 1. The molecule has 0 saturated carbocycles. The van der Waals surface area contributed by atoms with Crippen LogP contribution in [0, 0.1) is 10.1 Å². The molecular weight excluding hydrogens is 316 g/mol. The van der Waals surface area contributed by atoms with Crippen LogP contribution in [-0.4, -0.2) is 21.8 Å². The molecular formula is C16H18N2O4S. The number of carboxylic acid groups (broad SMARTS) is 1. The van der Waals surface area contributed by atoms with E-state index in [1.54, 1.807) is 30.8 Å². The van der Waals surface area contributed by atoms with Crippen molar-refractivity contribution >= 4 is 23.4 Å². The molecule has 0 amide bonds. The molecule has 0 aliphatic carbocycles. The summed E-state index contributed by atoms with van der Waals surface area (Å²) in [6, 6.07) is 6.19. The number of carboxylic acids is 1. The highest BCUT2D eigenvalue weighted by molar-refractivity contribution is 8.03. The smallest absolute Gasteiger partial charge is 0.334 e. The van der Waals surface area contributed by atoms with E-state index in [1.165, 1.54) is 12.1 Å². The Morgan fingerprint density at radius 1 is 1.39 bits per heavy atom. The van der Waals surface area contributed by atoms with E-state index in [1.807, 2.05) is 13.8 Å². The van der Waals surface area contributed by atoms with Crippen molar-refractivity contribution in [2.24, 2.45) is 0 Å². The number of benzene rings is 1. The molecule has 7 heteroatoms. The molecule has 0 aromatic heterocycles. The molecule has 6 nitrogen and oxygen atoms in total. The Bertz CT molecular complexity index is 725. The summed E-state index contributed by atoms with van der Waals surface area (Å²) in [5.74, 6) is -0.738. The Balaban J connectivity index is 2.64. The maximum atomic E-state index is 11.8. The highest BCUT2D eigenvalue weighted by Gasteiger charge is 2.33. The molecule has 0 spiro atoms. The van der Waals surface area contributed by atoms with Crippen LogP contribution in [0.3, 0.4) is 0 Å². The Labute approximate surface area is 138 Å². The van der Waals surface area contributed by atoms with E-state index in [2.05, 4.69) is 5.32 Å².